The number of aromatic nitrogens is 5. The molecule has 0 aromatic heterocycles. The summed E-state index contributed by atoms with van der Waals surface area (Å²) in [6.45, 7) is 7.62. The summed E-state index contributed by atoms with van der Waals surface area (Å²) in [7, 11) is 0. The van der Waals surface area contributed by atoms with E-state index >= 15 is 0 Å². The van der Waals surface area contributed by atoms with Crippen molar-refractivity contribution in [2.75, 3.05) is 0 Å². The van der Waals surface area contributed by atoms with Crippen molar-refractivity contribution in [3.8, 4) is 11.5 Å². The van der Waals surface area contributed by atoms with Crippen LogP contribution in [0.2, 0.25) is 0 Å². The summed E-state index contributed by atoms with van der Waals surface area (Å²) < 4.78 is 1.79. The van der Waals surface area contributed by atoms with Crippen molar-refractivity contribution in [2.24, 2.45) is 0 Å². The second kappa shape index (κ2) is 3.62. The van der Waals surface area contributed by atoms with Crippen LogP contribution in [0.1, 0.15) is 31.4 Å². The number of hydrogen-bond donors (Lipinski definition) is 0. The van der Waals surface area contributed by atoms with Gasteiger partial charge in [-0.25, -0.2) is 14.5 Å². The van der Waals surface area contributed by atoms with Gasteiger partial charge < -0.3 is 0 Å². The largest absolute Gasteiger partial charge is 0.369 e. The van der Waals surface area contributed by atoms with Gasteiger partial charge in [0.2, 0.25) is 0 Å². The molecule has 0 atom stereocenters. The van der Waals surface area contributed by atoms with Gasteiger partial charge in [0.05, 0.1) is 5.69 Å². The predicted octanol–water partition coefficient (Wildman–Crippen LogP) is 0.731. The third-order valence-corrected chi connectivity index (χ3v) is 2.32. The molecule has 16 heavy (non-hydrogen) atoms. The smallest absolute Gasteiger partial charge is 0.249 e. The Kier molecular flexibility index (Phi) is 2.41. The number of hydrogen-bond acceptors (Lipinski definition) is 5. The molecule has 0 amide bonds. The number of aryl methyl sites for hydroxylation is 2. The standard InChI is InChI=1S/C10H13N5O/c1-5(2)15-7(4)12-9-8(14-15)6(3)11-10(16)13-9/h5H,1-4H3. The molecule has 0 fully saturated rings. The van der Waals surface area contributed by atoms with Crippen LogP contribution < -0.4 is 5.69 Å². The highest BCUT2D eigenvalue weighted by Gasteiger charge is 2.16. The molecule has 0 radical (unpaired) electrons. The van der Waals surface area contributed by atoms with Gasteiger partial charge in [-0.05, 0) is 27.7 Å². The molecule has 0 unspecified atom stereocenters. The summed E-state index contributed by atoms with van der Waals surface area (Å²) in [5.74, 6) is 1.10. The van der Waals surface area contributed by atoms with Crippen LogP contribution in [0.4, 0.5) is 0 Å². The monoisotopic (exact) mass is 219 g/mol. The van der Waals surface area contributed by atoms with E-state index in [-0.39, 0.29) is 6.04 Å². The van der Waals surface area contributed by atoms with E-state index in [9.17, 15) is 4.79 Å². The fourth-order valence-electron chi connectivity index (χ4n) is 1.60. The maximum absolute atomic E-state index is 11.1. The maximum Gasteiger partial charge on any atom is 0.369 e. The Morgan fingerprint density at radius 2 is 1.81 bits per heavy atom. The number of nitrogens with zero attached hydrogens (tertiary/aromatic N) is 5. The van der Waals surface area contributed by atoms with Crippen LogP contribution in [0, 0.1) is 13.8 Å². The lowest BCUT2D eigenvalue weighted by molar-refractivity contribution is 0.491. The van der Waals surface area contributed by atoms with E-state index in [0.29, 0.717) is 17.2 Å². The van der Waals surface area contributed by atoms with E-state index in [4.69, 9.17) is 0 Å². The molecule has 6 nitrogen and oxygen atoms in total. The van der Waals surface area contributed by atoms with Crippen molar-refractivity contribution in [1.29, 1.82) is 0 Å². The Bertz CT molecular complexity index is 560. The van der Waals surface area contributed by atoms with Crippen molar-refractivity contribution < 1.29 is 0 Å². The van der Waals surface area contributed by atoms with E-state index in [1.165, 1.54) is 0 Å². The molecule has 2 heterocycles. The molecule has 84 valence electrons. The molecule has 2 aliphatic heterocycles. The molecule has 0 bridgehead atoms. The normalized spacial score (nSPS) is 11.3. The summed E-state index contributed by atoms with van der Waals surface area (Å²) in [6.07, 6.45) is 0. The average molecular weight is 219 g/mol. The third-order valence-electron chi connectivity index (χ3n) is 2.32. The topological polar surface area (TPSA) is 73.6 Å². The first kappa shape index (κ1) is 10.7. The molecule has 0 saturated carbocycles. The Morgan fingerprint density at radius 3 is 2.44 bits per heavy atom. The molecule has 0 N–H and O–H groups in total. The quantitative estimate of drug-likeness (QED) is 0.707. The first-order valence-corrected chi connectivity index (χ1v) is 5.11. The van der Waals surface area contributed by atoms with Crippen molar-refractivity contribution in [1.82, 2.24) is 24.7 Å². The summed E-state index contributed by atoms with van der Waals surface area (Å²) in [5, 5.41) is 4.41. The molecule has 2 rings (SSSR count). The fourth-order valence-corrected chi connectivity index (χ4v) is 1.60. The lowest BCUT2D eigenvalue weighted by atomic mass is 10.3. The Balaban J connectivity index is 2.80. The molecular weight excluding hydrogens is 206 g/mol. The lowest BCUT2D eigenvalue weighted by Gasteiger charge is -2.15. The van der Waals surface area contributed by atoms with Crippen molar-refractivity contribution in [2.45, 2.75) is 33.7 Å². The van der Waals surface area contributed by atoms with Crippen molar-refractivity contribution in [3.63, 3.8) is 0 Å². The molecule has 0 aliphatic carbocycles. The Morgan fingerprint density at radius 1 is 1.12 bits per heavy atom. The van der Waals surface area contributed by atoms with E-state index in [1.54, 1.807) is 11.6 Å². The summed E-state index contributed by atoms with van der Waals surface area (Å²) >= 11 is 0. The minimum absolute atomic E-state index is 0.211. The summed E-state index contributed by atoms with van der Waals surface area (Å²) in [5.41, 5.74) is 0.636. The van der Waals surface area contributed by atoms with Gasteiger partial charge in [0.15, 0.2) is 5.82 Å². The highest BCUT2D eigenvalue weighted by molar-refractivity contribution is 5.51. The van der Waals surface area contributed by atoms with E-state index in [0.717, 1.165) is 5.82 Å². The van der Waals surface area contributed by atoms with Crippen LogP contribution in [-0.2, 0) is 0 Å². The van der Waals surface area contributed by atoms with Gasteiger partial charge in [0, 0.05) is 6.04 Å². The van der Waals surface area contributed by atoms with Gasteiger partial charge in [0.25, 0.3) is 0 Å². The van der Waals surface area contributed by atoms with Gasteiger partial charge in [-0.1, -0.05) is 0 Å². The molecule has 6 heteroatoms. The SMILES string of the molecule is Cc1nc(=O)nc2nc(C)n(C(C)C)nc1-2. The molecule has 0 spiro atoms. The van der Waals surface area contributed by atoms with Crippen LogP contribution in [0.15, 0.2) is 4.79 Å². The van der Waals surface area contributed by atoms with Gasteiger partial charge >= 0.3 is 5.69 Å². The predicted molar refractivity (Wildman–Crippen MR) is 58.4 cm³/mol. The first-order valence-electron chi connectivity index (χ1n) is 5.11. The highest BCUT2D eigenvalue weighted by Crippen LogP contribution is 2.16. The fraction of sp³-hybridized carbons (Fsp3) is 0.500. The first-order chi connectivity index (χ1) is 7.49. The molecule has 0 aromatic carbocycles. The Hall–Kier alpha value is -1.85. The van der Waals surface area contributed by atoms with Crippen LogP contribution in [0.5, 0.6) is 0 Å². The van der Waals surface area contributed by atoms with Gasteiger partial charge in [-0.3, -0.25) is 0 Å². The highest BCUT2D eigenvalue weighted by atomic mass is 16.1. The molecule has 0 aromatic rings. The Labute approximate surface area is 92.7 Å². The zero-order valence-corrected chi connectivity index (χ0v) is 9.72. The van der Waals surface area contributed by atoms with Crippen LogP contribution in [0.25, 0.3) is 11.5 Å². The second-order valence-corrected chi connectivity index (χ2v) is 3.96. The molecule has 2 aliphatic rings. The lowest BCUT2D eigenvalue weighted by Crippen LogP contribution is -2.21. The van der Waals surface area contributed by atoms with E-state index < -0.39 is 5.69 Å². The second-order valence-electron chi connectivity index (χ2n) is 3.96. The van der Waals surface area contributed by atoms with Crippen molar-refractivity contribution >= 4 is 0 Å². The van der Waals surface area contributed by atoms with Crippen molar-refractivity contribution in [3.05, 3.63) is 22.0 Å². The van der Waals surface area contributed by atoms with E-state index in [2.05, 4.69) is 20.1 Å². The van der Waals surface area contributed by atoms with Gasteiger partial charge in [0.1, 0.15) is 11.5 Å². The molecule has 0 saturated heterocycles. The maximum atomic E-state index is 11.1. The third kappa shape index (κ3) is 1.66. The van der Waals surface area contributed by atoms with Gasteiger partial charge in [-0.2, -0.15) is 15.1 Å². The minimum atomic E-state index is -0.513. The molecular formula is C10H13N5O. The van der Waals surface area contributed by atoms with Gasteiger partial charge in [-0.15, -0.1) is 0 Å². The number of rotatable bonds is 1. The average Bonchev–Trinajstić information content (AvgIpc) is 2.15. The number of fused-ring (bicyclic) bond motifs is 1. The minimum Gasteiger partial charge on any atom is -0.249 e. The zero-order chi connectivity index (χ0) is 11.9. The summed E-state index contributed by atoms with van der Waals surface area (Å²) in [6, 6.07) is 0.211. The van der Waals surface area contributed by atoms with Crippen LogP contribution in [0.3, 0.4) is 0 Å². The summed E-state index contributed by atoms with van der Waals surface area (Å²) in [4.78, 5) is 22.9. The van der Waals surface area contributed by atoms with Crippen LogP contribution in [-0.4, -0.2) is 24.7 Å². The zero-order valence-electron chi connectivity index (χ0n) is 9.72. The van der Waals surface area contributed by atoms with E-state index in [1.807, 2.05) is 20.8 Å². The van der Waals surface area contributed by atoms with Crippen LogP contribution >= 0.6 is 0 Å².